The molecule has 0 fully saturated rings. The molecule has 0 aliphatic rings. The van der Waals surface area contributed by atoms with Crippen molar-refractivity contribution >= 4 is 17.2 Å². The number of aromatic amines is 1. The fraction of sp³-hybridized carbons (Fsp3) is 0.231. The first-order chi connectivity index (χ1) is 8.70. The van der Waals surface area contributed by atoms with Crippen molar-refractivity contribution in [2.24, 2.45) is 0 Å². The molecule has 0 spiro atoms. The van der Waals surface area contributed by atoms with E-state index in [1.165, 1.54) is 18.3 Å². The second kappa shape index (κ2) is 5.64. The number of H-pyrrole nitrogens is 1. The van der Waals surface area contributed by atoms with Crippen molar-refractivity contribution in [1.82, 2.24) is 10.3 Å². The van der Waals surface area contributed by atoms with Crippen molar-refractivity contribution in [2.75, 3.05) is 0 Å². The lowest BCUT2D eigenvalue weighted by molar-refractivity contribution is 0.0936. The number of hydrogen-bond acceptors (Lipinski definition) is 3. The molecular weight excluding hydrogens is 248 g/mol. The van der Waals surface area contributed by atoms with Crippen LogP contribution in [0, 0.1) is 0 Å². The highest BCUT2D eigenvalue weighted by Gasteiger charge is 2.14. The van der Waals surface area contributed by atoms with Crippen molar-refractivity contribution in [3.05, 3.63) is 56.6 Å². The summed E-state index contributed by atoms with van der Waals surface area (Å²) in [6.07, 6.45) is 2.26. The van der Waals surface area contributed by atoms with E-state index in [1.807, 2.05) is 24.4 Å². The van der Waals surface area contributed by atoms with Gasteiger partial charge in [0.2, 0.25) is 5.56 Å². The molecule has 1 amide bonds. The molecule has 94 valence electrons. The third-order valence-electron chi connectivity index (χ3n) is 2.65. The van der Waals surface area contributed by atoms with E-state index < -0.39 is 0 Å². The molecule has 2 heterocycles. The van der Waals surface area contributed by atoms with E-state index in [0.717, 1.165) is 11.3 Å². The topological polar surface area (TPSA) is 62.0 Å². The smallest absolute Gasteiger partial charge is 0.253 e. The predicted molar refractivity (Wildman–Crippen MR) is 71.9 cm³/mol. The van der Waals surface area contributed by atoms with Crippen molar-refractivity contribution in [3.63, 3.8) is 0 Å². The van der Waals surface area contributed by atoms with Crippen LogP contribution in [0.5, 0.6) is 0 Å². The zero-order valence-corrected chi connectivity index (χ0v) is 10.8. The van der Waals surface area contributed by atoms with E-state index in [1.54, 1.807) is 11.3 Å². The number of pyridine rings is 1. The van der Waals surface area contributed by atoms with Gasteiger partial charge in [0.25, 0.3) is 5.91 Å². The fourth-order valence-electron chi connectivity index (χ4n) is 1.66. The minimum absolute atomic E-state index is 0.0180. The highest BCUT2D eigenvalue weighted by atomic mass is 32.1. The van der Waals surface area contributed by atoms with Gasteiger partial charge in [0.15, 0.2) is 0 Å². The number of amides is 1. The largest absolute Gasteiger partial charge is 0.344 e. The average Bonchev–Trinajstić information content (AvgIpc) is 2.90. The number of thiophene rings is 1. The standard InChI is InChI=1S/C13H14N2O2S/c1-2-10(11-4-3-7-18-11)15-13(17)9-5-6-12(16)14-8-9/h3-8,10H,2H2,1H3,(H,14,16)(H,15,17)/t10-/m1/s1. The van der Waals surface area contributed by atoms with Crippen LogP contribution in [0.1, 0.15) is 34.6 Å². The van der Waals surface area contributed by atoms with Gasteiger partial charge in [0.1, 0.15) is 0 Å². The van der Waals surface area contributed by atoms with Crippen molar-refractivity contribution in [1.29, 1.82) is 0 Å². The van der Waals surface area contributed by atoms with Gasteiger partial charge in [-0.3, -0.25) is 9.59 Å². The maximum atomic E-state index is 12.0. The Morgan fingerprint density at radius 1 is 1.44 bits per heavy atom. The van der Waals surface area contributed by atoms with Crippen LogP contribution in [0.15, 0.2) is 40.6 Å². The molecule has 0 aliphatic carbocycles. The Hall–Kier alpha value is -1.88. The fourth-order valence-corrected chi connectivity index (χ4v) is 2.52. The number of hydrogen-bond donors (Lipinski definition) is 2. The Labute approximate surface area is 109 Å². The maximum Gasteiger partial charge on any atom is 0.253 e. The predicted octanol–water partition coefficient (Wildman–Crippen LogP) is 2.32. The Morgan fingerprint density at radius 2 is 2.28 bits per heavy atom. The van der Waals surface area contributed by atoms with Gasteiger partial charge in [-0.1, -0.05) is 13.0 Å². The van der Waals surface area contributed by atoms with E-state index >= 15 is 0 Å². The minimum atomic E-state index is -0.211. The molecule has 0 aliphatic heterocycles. The number of aromatic nitrogens is 1. The van der Waals surface area contributed by atoms with Crippen LogP contribution in [0.4, 0.5) is 0 Å². The quantitative estimate of drug-likeness (QED) is 0.888. The van der Waals surface area contributed by atoms with E-state index in [2.05, 4.69) is 10.3 Å². The van der Waals surface area contributed by atoms with Crippen LogP contribution in [-0.2, 0) is 0 Å². The number of nitrogens with one attached hydrogen (secondary N) is 2. The summed E-state index contributed by atoms with van der Waals surface area (Å²) < 4.78 is 0. The first kappa shape index (κ1) is 12.6. The van der Waals surface area contributed by atoms with Gasteiger partial charge in [0.05, 0.1) is 11.6 Å². The highest BCUT2D eigenvalue weighted by Crippen LogP contribution is 2.21. The summed E-state index contributed by atoms with van der Waals surface area (Å²) in [5.41, 5.74) is 0.251. The molecule has 0 bridgehead atoms. The second-order valence-electron chi connectivity index (χ2n) is 3.89. The molecule has 0 aromatic carbocycles. The molecule has 1 atom stereocenters. The van der Waals surface area contributed by atoms with Crippen molar-refractivity contribution in [2.45, 2.75) is 19.4 Å². The lowest BCUT2D eigenvalue weighted by Gasteiger charge is -2.15. The maximum absolute atomic E-state index is 12.0. The lowest BCUT2D eigenvalue weighted by atomic mass is 10.1. The molecule has 2 N–H and O–H groups in total. The average molecular weight is 262 g/mol. The second-order valence-corrected chi connectivity index (χ2v) is 4.87. The van der Waals surface area contributed by atoms with Gasteiger partial charge in [-0.15, -0.1) is 11.3 Å². The van der Waals surface area contributed by atoms with Gasteiger partial charge >= 0.3 is 0 Å². The van der Waals surface area contributed by atoms with Gasteiger partial charge in [-0.2, -0.15) is 0 Å². The normalized spacial score (nSPS) is 12.1. The first-order valence-electron chi connectivity index (χ1n) is 5.73. The summed E-state index contributed by atoms with van der Waals surface area (Å²) >= 11 is 1.62. The molecule has 2 rings (SSSR count). The van der Waals surface area contributed by atoms with Crippen LogP contribution in [0.25, 0.3) is 0 Å². The SMILES string of the molecule is CC[C@@H](NC(=O)c1ccc(=O)[nH]c1)c1cccs1. The monoisotopic (exact) mass is 262 g/mol. The summed E-state index contributed by atoms with van der Waals surface area (Å²) in [5.74, 6) is -0.175. The van der Waals surface area contributed by atoms with E-state index in [0.29, 0.717) is 5.56 Å². The summed E-state index contributed by atoms with van der Waals surface area (Å²) in [4.78, 5) is 26.5. The summed E-state index contributed by atoms with van der Waals surface area (Å²) in [5, 5.41) is 4.94. The summed E-state index contributed by atoms with van der Waals surface area (Å²) in [6.45, 7) is 2.03. The molecule has 0 radical (unpaired) electrons. The molecule has 18 heavy (non-hydrogen) atoms. The Bertz CT molecular complexity index is 554. The molecule has 0 saturated heterocycles. The van der Waals surface area contributed by atoms with Gasteiger partial charge < -0.3 is 10.3 Å². The molecule has 4 nitrogen and oxygen atoms in total. The van der Waals surface area contributed by atoms with Gasteiger partial charge in [-0.25, -0.2) is 0 Å². The first-order valence-corrected chi connectivity index (χ1v) is 6.61. The van der Waals surface area contributed by atoms with Crippen LogP contribution in [-0.4, -0.2) is 10.9 Å². The Morgan fingerprint density at radius 3 is 2.83 bits per heavy atom. The van der Waals surface area contributed by atoms with Gasteiger partial charge in [-0.05, 0) is 23.9 Å². The van der Waals surface area contributed by atoms with Crippen molar-refractivity contribution < 1.29 is 4.79 Å². The number of carbonyl (C=O) groups is 1. The van der Waals surface area contributed by atoms with Crippen LogP contribution in [0.2, 0.25) is 0 Å². The zero-order chi connectivity index (χ0) is 13.0. The summed E-state index contributed by atoms with van der Waals surface area (Å²) in [6, 6.07) is 6.86. The number of rotatable bonds is 4. The summed E-state index contributed by atoms with van der Waals surface area (Å²) in [7, 11) is 0. The molecule has 5 heteroatoms. The Kier molecular flexibility index (Phi) is 3.94. The third kappa shape index (κ3) is 2.87. The van der Waals surface area contributed by atoms with Crippen molar-refractivity contribution in [3.8, 4) is 0 Å². The van der Waals surface area contributed by atoms with Crippen LogP contribution >= 0.6 is 11.3 Å². The molecule has 2 aromatic rings. The number of carbonyl (C=O) groups excluding carboxylic acids is 1. The zero-order valence-electron chi connectivity index (χ0n) is 9.97. The highest BCUT2D eigenvalue weighted by molar-refractivity contribution is 7.10. The minimum Gasteiger partial charge on any atom is -0.344 e. The molecule has 0 unspecified atom stereocenters. The lowest BCUT2D eigenvalue weighted by Crippen LogP contribution is -2.28. The molecule has 2 aromatic heterocycles. The Balaban J connectivity index is 2.10. The van der Waals surface area contributed by atoms with Gasteiger partial charge in [0, 0.05) is 17.1 Å². The molecule has 0 saturated carbocycles. The van der Waals surface area contributed by atoms with E-state index in [-0.39, 0.29) is 17.5 Å². The van der Waals surface area contributed by atoms with Crippen LogP contribution in [0.3, 0.4) is 0 Å². The third-order valence-corrected chi connectivity index (χ3v) is 3.63. The van der Waals surface area contributed by atoms with Crippen LogP contribution < -0.4 is 10.9 Å². The molecular formula is C13H14N2O2S. The van der Waals surface area contributed by atoms with E-state index in [4.69, 9.17) is 0 Å². The van der Waals surface area contributed by atoms with E-state index in [9.17, 15) is 9.59 Å².